The molecule has 0 spiro atoms. The first kappa shape index (κ1) is 13.7. The van der Waals surface area contributed by atoms with Crippen LogP contribution in [0.15, 0.2) is 12.4 Å². The fourth-order valence-electron chi connectivity index (χ4n) is 1.77. The summed E-state index contributed by atoms with van der Waals surface area (Å²) in [5.41, 5.74) is 5.40. The molecule has 0 aromatic carbocycles. The zero-order valence-electron chi connectivity index (χ0n) is 11.0. The van der Waals surface area contributed by atoms with Crippen molar-refractivity contribution in [3.8, 4) is 0 Å². The van der Waals surface area contributed by atoms with Gasteiger partial charge in [0.2, 0.25) is 0 Å². The molecule has 0 amide bonds. The molecule has 3 N–H and O–H groups in total. The van der Waals surface area contributed by atoms with Crippen molar-refractivity contribution in [3.05, 3.63) is 18.2 Å². The van der Waals surface area contributed by atoms with Crippen molar-refractivity contribution in [2.45, 2.75) is 32.7 Å². The largest absolute Gasteiger partial charge is 0.388 e. The maximum Gasteiger partial charge on any atom is 0.109 e. The molecule has 0 aliphatic carbocycles. The van der Waals surface area contributed by atoms with Crippen LogP contribution in [0.4, 0.5) is 0 Å². The first-order valence-electron chi connectivity index (χ1n) is 6.04. The number of imidazole rings is 1. The first-order valence-corrected chi connectivity index (χ1v) is 6.04. The summed E-state index contributed by atoms with van der Waals surface area (Å²) in [5.74, 6) is 1.35. The van der Waals surface area contributed by atoms with Gasteiger partial charge in [-0.2, -0.15) is 0 Å². The molecule has 1 aromatic rings. The zero-order valence-corrected chi connectivity index (χ0v) is 11.0. The lowest BCUT2D eigenvalue weighted by Gasteiger charge is -2.26. The van der Waals surface area contributed by atoms with Crippen molar-refractivity contribution in [1.82, 2.24) is 14.5 Å². The molecule has 0 radical (unpaired) electrons. The number of hydrogen-bond acceptors (Lipinski definition) is 3. The molecule has 17 heavy (non-hydrogen) atoms. The summed E-state index contributed by atoms with van der Waals surface area (Å²) in [6.07, 6.45) is 5.35. The van der Waals surface area contributed by atoms with Gasteiger partial charge in [0, 0.05) is 51.4 Å². The Hall–Kier alpha value is -1.36. The lowest BCUT2D eigenvalue weighted by molar-refractivity contribution is 0.228. The topological polar surface area (TPSA) is 70.9 Å². The molecule has 0 atom stereocenters. The van der Waals surface area contributed by atoms with Gasteiger partial charge in [-0.1, -0.05) is 0 Å². The zero-order chi connectivity index (χ0) is 12.8. The van der Waals surface area contributed by atoms with Gasteiger partial charge in [-0.3, -0.25) is 5.41 Å². The number of aromatic nitrogens is 2. The number of nitrogens with one attached hydrogen (secondary N) is 1. The van der Waals surface area contributed by atoms with Crippen molar-refractivity contribution >= 4 is 5.84 Å². The molecule has 1 heterocycles. The molecule has 5 nitrogen and oxygen atoms in total. The van der Waals surface area contributed by atoms with Crippen LogP contribution in [0.25, 0.3) is 0 Å². The van der Waals surface area contributed by atoms with Gasteiger partial charge in [-0.05, 0) is 13.8 Å². The third-order valence-electron chi connectivity index (χ3n) is 2.94. The van der Waals surface area contributed by atoms with Gasteiger partial charge in [0.25, 0.3) is 0 Å². The van der Waals surface area contributed by atoms with Gasteiger partial charge in [0.1, 0.15) is 5.82 Å². The Kier molecular flexibility index (Phi) is 5.15. The monoisotopic (exact) mass is 237 g/mol. The molecule has 1 aromatic heterocycles. The van der Waals surface area contributed by atoms with Crippen LogP contribution in [0, 0.1) is 5.41 Å². The Morgan fingerprint density at radius 1 is 1.53 bits per heavy atom. The third-order valence-corrected chi connectivity index (χ3v) is 2.94. The van der Waals surface area contributed by atoms with E-state index in [9.17, 15) is 0 Å². The Labute approximate surface area is 103 Å². The highest BCUT2D eigenvalue weighted by molar-refractivity contribution is 5.76. The first-order chi connectivity index (χ1) is 8.00. The number of rotatable bonds is 7. The summed E-state index contributed by atoms with van der Waals surface area (Å²) >= 11 is 0. The molecule has 0 bridgehead atoms. The molecule has 0 unspecified atom stereocenters. The van der Waals surface area contributed by atoms with Gasteiger partial charge in [0.05, 0.1) is 5.84 Å². The van der Waals surface area contributed by atoms with E-state index in [1.807, 2.05) is 24.0 Å². The smallest absolute Gasteiger partial charge is 0.109 e. The predicted molar refractivity (Wildman–Crippen MR) is 70.2 cm³/mol. The van der Waals surface area contributed by atoms with E-state index in [4.69, 9.17) is 11.1 Å². The van der Waals surface area contributed by atoms with Crippen molar-refractivity contribution in [1.29, 1.82) is 5.41 Å². The SMILES string of the molecule is CC(C)N(CCC(=N)N)CCc1nccn1C. The standard InChI is InChI=1S/C12H23N5/c1-10(2)17(7-4-11(13)14)8-5-12-15-6-9-16(12)3/h6,9-10H,4-5,7-8H2,1-3H3,(H3,13,14). The molecule has 5 heteroatoms. The van der Waals surface area contributed by atoms with Crippen LogP contribution in [0.5, 0.6) is 0 Å². The van der Waals surface area contributed by atoms with Gasteiger partial charge in [-0.25, -0.2) is 4.98 Å². The second-order valence-electron chi connectivity index (χ2n) is 4.61. The summed E-state index contributed by atoms with van der Waals surface area (Å²) in [7, 11) is 2.01. The molecule has 0 saturated heterocycles. The minimum absolute atomic E-state index is 0.257. The van der Waals surface area contributed by atoms with E-state index in [1.54, 1.807) is 0 Å². The van der Waals surface area contributed by atoms with Crippen LogP contribution >= 0.6 is 0 Å². The van der Waals surface area contributed by atoms with E-state index in [-0.39, 0.29) is 5.84 Å². The highest BCUT2D eigenvalue weighted by atomic mass is 15.1. The molecule has 1 rings (SSSR count). The molecule has 0 saturated carbocycles. The van der Waals surface area contributed by atoms with E-state index in [2.05, 4.69) is 23.7 Å². The summed E-state index contributed by atoms with van der Waals surface area (Å²) in [6, 6.07) is 0.467. The van der Waals surface area contributed by atoms with E-state index in [0.717, 1.165) is 25.3 Å². The Morgan fingerprint density at radius 3 is 2.71 bits per heavy atom. The van der Waals surface area contributed by atoms with Crippen molar-refractivity contribution in [2.75, 3.05) is 13.1 Å². The number of aryl methyl sites for hydroxylation is 1. The Balaban J connectivity index is 2.44. The Morgan fingerprint density at radius 2 is 2.24 bits per heavy atom. The molecule has 0 aliphatic heterocycles. The highest BCUT2D eigenvalue weighted by Crippen LogP contribution is 2.03. The van der Waals surface area contributed by atoms with Crippen molar-refractivity contribution in [3.63, 3.8) is 0 Å². The van der Waals surface area contributed by atoms with Gasteiger partial charge < -0.3 is 15.2 Å². The quantitative estimate of drug-likeness (QED) is 0.549. The van der Waals surface area contributed by atoms with Crippen LogP contribution < -0.4 is 5.73 Å². The number of nitrogens with zero attached hydrogens (tertiary/aromatic N) is 3. The van der Waals surface area contributed by atoms with Gasteiger partial charge >= 0.3 is 0 Å². The second kappa shape index (κ2) is 6.39. The average Bonchev–Trinajstić information content (AvgIpc) is 2.63. The molecular weight excluding hydrogens is 214 g/mol. The molecule has 0 fully saturated rings. The van der Waals surface area contributed by atoms with Crippen LogP contribution in [0.3, 0.4) is 0 Å². The van der Waals surface area contributed by atoms with E-state index in [0.29, 0.717) is 12.5 Å². The van der Waals surface area contributed by atoms with E-state index in [1.165, 1.54) is 0 Å². The second-order valence-corrected chi connectivity index (χ2v) is 4.61. The lowest BCUT2D eigenvalue weighted by Crippen LogP contribution is -2.35. The summed E-state index contributed by atoms with van der Waals surface area (Å²) in [4.78, 5) is 6.64. The average molecular weight is 237 g/mol. The molecular formula is C12H23N5. The third kappa shape index (κ3) is 4.56. The van der Waals surface area contributed by atoms with Gasteiger partial charge in [0.15, 0.2) is 0 Å². The van der Waals surface area contributed by atoms with Gasteiger partial charge in [-0.15, -0.1) is 0 Å². The Bertz CT molecular complexity index is 356. The summed E-state index contributed by atoms with van der Waals surface area (Å²) in [6.45, 7) is 6.13. The highest BCUT2D eigenvalue weighted by Gasteiger charge is 2.10. The molecule has 0 aliphatic rings. The predicted octanol–water partition coefficient (Wildman–Crippen LogP) is 0.999. The number of nitrogens with two attached hydrogens (primary N) is 1. The molecule has 96 valence electrons. The normalized spacial score (nSPS) is 11.4. The summed E-state index contributed by atoms with van der Waals surface area (Å²) in [5, 5.41) is 7.27. The summed E-state index contributed by atoms with van der Waals surface area (Å²) < 4.78 is 2.05. The fraction of sp³-hybridized carbons (Fsp3) is 0.667. The van der Waals surface area contributed by atoms with Crippen molar-refractivity contribution in [2.24, 2.45) is 12.8 Å². The van der Waals surface area contributed by atoms with Crippen LogP contribution in [0.1, 0.15) is 26.1 Å². The maximum absolute atomic E-state index is 7.27. The van der Waals surface area contributed by atoms with E-state index >= 15 is 0 Å². The number of hydrogen-bond donors (Lipinski definition) is 2. The van der Waals surface area contributed by atoms with Crippen LogP contribution in [0.2, 0.25) is 0 Å². The lowest BCUT2D eigenvalue weighted by atomic mass is 10.2. The van der Waals surface area contributed by atoms with E-state index < -0.39 is 0 Å². The fourth-order valence-corrected chi connectivity index (χ4v) is 1.77. The maximum atomic E-state index is 7.27. The minimum Gasteiger partial charge on any atom is -0.388 e. The number of amidine groups is 1. The van der Waals surface area contributed by atoms with Crippen molar-refractivity contribution < 1.29 is 0 Å². The minimum atomic E-state index is 0.257. The van der Waals surface area contributed by atoms with Crippen LogP contribution in [-0.2, 0) is 13.5 Å². The van der Waals surface area contributed by atoms with Crippen LogP contribution in [-0.4, -0.2) is 39.4 Å².